The van der Waals surface area contributed by atoms with Gasteiger partial charge in [-0.25, -0.2) is 23.4 Å². The molecular formula is C16H21BrF2N4O4. The first-order valence-electron chi connectivity index (χ1n) is 7.88. The highest BCUT2D eigenvalue weighted by atomic mass is 79.9. The number of primary amides is 1. The number of benzene rings is 1. The molecule has 2 fully saturated rings. The summed E-state index contributed by atoms with van der Waals surface area (Å²) in [5.41, 5.74) is 4.99. The maximum Gasteiger partial charge on any atom is 0.414 e. The van der Waals surface area contributed by atoms with Crippen LogP contribution in [0.1, 0.15) is 7.43 Å². The molecule has 27 heavy (non-hydrogen) atoms. The fourth-order valence-corrected chi connectivity index (χ4v) is 3.21. The Morgan fingerprint density at radius 3 is 2.48 bits per heavy atom. The lowest BCUT2D eigenvalue weighted by atomic mass is 10.2. The average molecular weight is 451 g/mol. The first-order valence-corrected chi connectivity index (χ1v) is 9.01. The number of amides is 3. The number of nitrogens with zero attached hydrogens (tertiary/aromatic N) is 3. The van der Waals surface area contributed by atoms with E-state index < -0.39 is 23.8 Å². The highest BCUT2D eigenvalue weighted by Crippen LogP contribution is 2.31. The third-order valence-electron chi connectivity index (χ3n) is 4.10. The van der Waals surface area contributed by atoms with Crippen molar-refractivity contribution < 1.29 is 27.9 Å². The van der Waals surface area contributed by atoms with Gasteiger partial charge in [-0.3, -0.25) is 9.74 Å². The molecule has 0 unspecified atom stereocenters. The van der Waals surface area contributed by atoms with Crippen molar-refractivity contribution in [1.82, 2.24) is 5.06 Å². The van der Waals surface area contributed by atoms with Gasteiger partial charge in [0.15, 0.2) is 11.6 Å². The highest BCUT2D eigenvalue weighted by Gasteiger charge is 2.33. The molecule has 8 nitrogen and oxygen atoms in total. The van der Waals surface area contributed by atoms with Crippen LogP contribution in [0.5, 0.6) is 0 Å². The monoisotopic (exact) mass is 450 g/mol. The van der Waals surface area contributed by atoms with Crippen molar-refractivity contribution in [3.8, 4) is 0 Å². The minimum absolute atomic E-state index is 0. The summed E-state index contributed by atoms with van der Waals surface area (Å²) in [4.78, 5) is 30.8. The zero-order valence-corrected chi connectivity index (χ0v) is 15.2. The maximum absolute atomic E-state index is 14.6. The summed E-state index contributed by atoms with van der Waals surface area (Å²) in [7, 11) is 0. The van der Waals surface area contributed by atoms with Crippen molar-refractivity contribution in [3.05, 3.63) is 23.8 Å². The third kappa shape index (κ3) is 4.41. The van der Waals surface area contributed by atoms with Crippen LogP contribution in [0, 0.1) is 11.6 Å². The first-order chi connectivity index (χ1) is 12.4. The van der Waals surface area contributed by atoms with E-state index in [-0.39, 0.29) is 57.7 Å². The Balaban J connectivity index is 0.00000261. The Morgan fingerprint density at radius 1 is 1.26 bits per heavy atom. The van der Waals surface area contributed by atoms with Crippen LogP contribution in [0.2, 0.25) is 0 Å². The molecule has 0 spiro atoms. The van der Waals surface area contributed by atoms with Crippen LogP contribution >= 0.6 is 15.9 Å². The number of hydroxylamine groups is 2. The molecule has 1 aromatic carbocycles. The van der Waals surface area contributed by atoms with E-state index in [1.165, 1.54) is 9.80 Å². The number of hydrogen-bond donors (Lipinski definition) is 1. The molecule has 0 bridgehead atoms. The standard InChI is InChI=1S/C15H17BrF2N4O4.CH4/c16-7-10-8-21(15(24)26-10)9-5-11(17)13(12(18)6-9)20-1-2-22(14(19)23)25-4-3-20;/h5-6,10H,1-4,7-8H2,(H2,19,23);1H4/t10-;/m0./s1. The zero-order chi connectivity index (χ0) is 18.8. The van der Waals surface area contributed by atoms with E-state index in [0.29, 0.717) is 5.33 Å². The predicted octanol–water partition coefficient (Wildman–Crippen LogP) is 2.45. The van der Waals surface area contributed by atoms with Crippen molar-refractivity contribution in [2.75, 3.05) is 47.9 Å². The van der Waals surface area contributed by atoms with Gasteiger partial charge >= 0.3 is 12.1 Å². The van der Waals surface area contributed by atoms with Gasteiger partial charge in [0.05, 0.1) is 25.4 Å². The Bertz CT molecular complexity index is 701. The van der Waals surface area contributed by atoms with Crippen LogP contribution in [0.3, 0.4) is 0 Å². The molecule has 0 radical (unpaired) electrons. The van der Waals surface area contributed by atoms with Crippen LogP contribution < -0.4 is 15.5 Å². The van der Waals surface area contributed by atoms with E-state index in [9.17, 15) is 18.4 Å². The molecule has 1 aromatic rings. The summed E-state index contributed by atoms with van der Waals surface area (Å²) in [5, 5.41) is 1.38. The summed E-state index contributed by atoms with van der Waals surface area (Å²) >= 11 is 3.21. The Labute approximate surface area is 163 Å². The van der Waals surface area contributed by atoms with E-state index in [4.69, 9.17) is 15.3 Å². The smallest absolute Gasteiger partial charge is 0.414 e. The van der Waals surface area contributed by atoms with Crippen LogP contribution in [0.15, 0.2) is 12.1 Å². The van der Waals surface area contributed by atoms with E-state index in [1.807, 2.05) is 0 Å². The van der Waals surface area contributed by atoms with E-state index in [0.717, 1.165) is 17.2 Å². The number of urea groups is 1. The van der Waals surface area contributed by atoms with Crippen LogP contribution in [0.4, 0.5) is 29.7 Å². The fraction of sp³-hybridized carbons (Fsp3) is 0.500. The molecule has 150 valence electrons. The minimum Gasteiger partial charge on any atom is -0.443 e. The second-order valence-corrected chi connectivity index (χ2v) is 6.44. The highest BCUT2D eigenvalue weighted by molar-refractivity contribution is 9.09. The Morgan fingerprint density at radius 2 is 1.93 bits per heavy atom. The number of ether oxygens (including phenoxy) is 1. The van der Waals surface area contributed by atoms with Crippen LogP contribution in [-0.2, 0) is 9.57 Å². The normalized spacial score (nSPS) is 20.2. The van der Waals surface area contributed by atoms with Gasteiger partial charge in [-0.2, -0.15) is 0 Å². The molecular weight excluding hydrogens is 430 g/mol. The molecule has 2 saturated heterocycles. The van der Waals surface area contributed by atoms with Gasteiger partial charge in [0.2, 0.25) is 0 Å². The van der Waals surface area contributed by atoms with Gasteiger partial charge in [0.25, 0.3) is 0 Å². The number of cyclic esters (lactones) is 1. The van der Waals surface area contributed by atoms with Gasteiger partial charge < -0.3 is 15.4 Å². The molecule has 2 N–H and O–H groups in total. The number of nitrogens with two attached hydrogens (primary N) is 1. The lowest BCUT2D eigenvalue weighted by Crippen LogP contribution is -2.38. The molecule has 1 atom stereocenters. The largest absolute Gasteiger partial charge is 0.443 e. The third-order valence-corrected chi connectivity index (χ3v) is 4.83. The number of anilines is 2. The molecule has 3 rings (SSSR count). The topological polar surface area (TPSA) is 88.3 Å². The summed E-state index contributed by atoms with van der Waals surface area (Å²) in [6.45, 7) is 0.645. The van der Waals surface area contributed by atoms with Crippen molar-refractivity contribution in [2.45, 2.75) is 13.5 Å². The van der Waals surface area contributed by atoms with Crippen LogP contribution in [-0.4, -0.2) is 61.4 Å². The number of hydrogen-bond acceptors (Lipinski definition) is 5. The second kappa shape index (κ2) is 8.70. The molecule has 0 aliphatic carbocycles. The summed E-state index contributed by atoms with van der Waals surface area (Å²) in [6.07, 6.45) is -1.03. The molecule has 2 aliphatic heterocycles. The lowest BCUT2D eigenvalue weighted by Gasteiger charge is -2.24. The molecule has 3 amide bonds. The fourth-order valence-electron chi connectivity index (χ4n) is 2.87. The van der Waals surface area contributed by atoms with Gasteiger partial charge in [0.1, 0.15) is 11.8 Å². The zero-order valence-electron chi connectivity index (χ0n) is 13.7. The van der Waals surface area contributed by atoms with Gasteiger partial charge in [-0.05, 0) is 0 Å². The van der Waals surface area contributed by atoms with Crippen molar-refractivity contribution >= 4 is 39.4 Å². The number of rotatable bonds is 3. The first kappa shape index (κ1) is 21.2. The van der Waals surface area contributed by atoms with Crippen molar-refractivity contribution in [3.63, 3.8) is 0 Å². The van der Waals surface area contributed by atoms with Gasteiger partial charge in [0, 0.05) is 30.6 Å². The van der Waals surface area contributed by atoms with Gasteiger partial charge in [-0.15, -0.1) is 0 Å². The molecule has 2 aliphatic rings. The lowest BCUT2D eigenvalue weighted by molar-refractivity contribution is -0.102. The minimum atomic E-state index is -0.817. The molecule has 0 aromatic heterocycles. The van der Waals surface area contributed by atoms with Crippen molar-refractivity contribution in [2.24, 2.45) is 5.73 Å². The number of carbonyl (C=O) groups excluding carboxylic acids is 2. The van der Waals surface area contributed by atoms with Gasteiger partial charge in [-0.1, -0.05) is 23.4 Å². The van der Waals surface area contributed by atoms with Crippen molar-refractivity contribution in [1.29, 1.82) is 0 Å². The Kier molecular flexibility index (Phi) is 6.82. The summed E-state index contributed by atoms with van der Waals surface area (Å²) in [5.74, 6) is -1.63. The Hall–Kier alpha value is -2.14. The molecule has 2 heterocycles. The number of alkyl halides is 1. The van der Waals surface area contributed by atoms with E-state index in [1.54, 1.807) is 0 Å². The van der Waals surface area contributed by atoms with E-state index >= 15 is 0 Å². The summed E-state index contributed by atoms with van der Waals surface area (Å²) < 4.78 is 34.3. The second-order valence-electron chi connectivity index (χ2n) is 5.79. The summed E-state index contributed by atoms with van der Waals surface area (Å²) in [6, 6.07) is 1.42. The number of carbonyl (C=O) groups is 2. The SMILES string of the molecule is C.NC(=O)N1CCN(c2c(F)cc(N3C[C@H](CBr)OC3=O)cc2F)CCO1. The molecule has 11 heteroatoms. The predicted molar refractivity (Wildman–Crippen MR) is 99.0 cm³/mol. The quantitative estimate of drug-likeness (QED) is 0.714. The van der Waals surface area contributed by atoms with Crippen LogP contribution in [0.25, 0.3) is 0 Å². The number of halogens is 3. The molecule has 0 saturated carbocycles. The maximum atomic E-state index is 14.6. The van der Waals surface area contributed by atoms with E-state index in [2.05, 4.69) is 15.9 Å². The average Bonchev–Trinajstić information content (AvgIpc) is 2.80.